The van der Waals surface area contributed by atoms with Gasteiger partial charge in [-0.1, -0.05) is 13.3 Å². The van der Waals surface area contributed by atoms with Gasteiger partial charge in [0, 0.05) is 6.42 Å². The lowest BCUT2D eigenvalue weighted by Crippen LogP contribution is -2.15. The van der Waals surface area contributed by atoms with Crippen LogP contribution in [0.2, 0.25) is 0 Å². The van der Waals surface area contributed by atoms with E-state index in [-0.39, 0.29) is 5.91 Å². The Balaban J connectivity index is 1.83. The number of amides is 1. The van der Waals surface area contributed by atoms with Crippen LogP contribution in [-0.4, -0.2) is 10.9 Å². The molecule has 0 bridgehead atoms. The molecule has 92 valence electrons. The first-order valence-electron chi connectivity index (χ1n) is 6.15. The molecule has 0 aliphatic heterocycles. The van der Waals surface area contributed by atoms with Gasteiger partial charge in [-0.3, -0.25) is 4.79 Å². The zero-order valence-electron chi connectivity index (χ0n) is 10.1. The normalized spacial score (nSPS) is 23.6. The molecular weight excluding hydrogens is 214 g/mol. The molecule has 2 atom stereocenters. The van der Waals surface area contributed by atoms with Crippen LogP contribution < -0.4 is 11.1 Å². The highest BCUT2D eigenvalue weighted by molar-refractivity contribution is 5.90. The van der Waals surface area contributed by atoms with Crippen LogP contribution in [0.3, 0.4) is 0 Å². The van der Waals surface area contributed by atoms with Gasteiger partial charge in [0.25, 0.3) is 0 Å². The van der Waals surface area contributed by atoms with E-state index in [9.17, 15) is 4.79 Å². The summed E-state index contributed by atoms with van der Waals surface area (Å²) in [6, 6.07) is 3.46. The number of nitrogen functional groups attached to an aromatic ring is 1. The summed E-state index contributed by atoms with van der Waals surface area (Å²) in [5.41, 5.74) is 6.20. The lowest BCUT2D eigenvalue weighted by Gasteiger charge is -2.09. The second-order valence-corrected chi connectivity index (χ2v) is 5.01. The maximum absolute atomic E-state index is 11.8. The number of aromatic nitrogens is 1. The number of hydrogen-bond donors (Lipinski definition) is 2. The first kappa shape index (κ1) is 11.9. The van der Waals surface area contributed by atoms with Crippen LogP contribution in [0, 0.1) is 11.8 Å². The van der Waals surface area contributed by atoms with Crippen molar-refractivity contribution in [3.05, 3.63) is 18.3 Å². The molecule has 17 heavy (non-hydrogen) atoms. The van der Waals surface area contributed by atoms with Crippen molar-refractivity contribution in [1.29, 1.82) is 0 Å². The van der Waals surface area contributed by atoms with Crippen molar-refractivity contribution in [1.82, 2.24) is 4.98 Å². The minimum absolute atomic E-state index is 0.0793. The van der Waals surface area contributed by atoms with Crippen molar-refractivity contribution >= 4 is 17.4 Å². The molecule has 1 aliphatic rings. The largest absolute Gasteiger partial charge is 0.384 e. The smallest absolute Gasteiger partial charge is 0.224 e. The zero-order valence-corrected chi connectivity index (χ0v) is 10.1. The molecule has 3 N–H and O–H groups in total. The van der Waals surface area contributed by atoms with Crippen LogP contribution in [0.15, 0.2) is 18.3 Å². The number of rotatable bonds is 3. The van der Waals surface area contributed by atoms with Crippen LogP contribution in [-0.2, 0) is 4.79 Å². The molecule has 1 heterocycles. The number of nitrogens with one attached hydrogen (secondary N) is 1. The molecule has 1 aliphatic carbocycles. The predicted octanol–water partition coefficient (Wildman–Crippen LogP) is 2.43. The summed E-state index contributed by atoms with van der Waals surface area (Å²) >= 11 is 0. The van der Waals surface area contributed by atoms with Crippen molar-refractivity contribution in [2.75, 3.05) is 11.1 Å². The van der Waals surface area contributed by atoms with Crippen LogP contribution in [0.1, 0.15) is 32.6 Å². The van der Waals surface area contributed by atoms with E-state index in [0.717, 1.165) is 11.6 Å². The summed E-state index contributed by atoms with van der Waals surface area (Å²) in [7, 11) is 0. The summed E-state index contributed by atoms with van der Waals surface area (Å²) in [5.74, 6) is 1.86. The van der Waals surface area contributed by atoms with Gasteiger partial charge in [0.05, 0.1) is 11.9 Å². The minimum atomic E-state index is 0.0793. The second kappa shape index (κ2) is 5.17. The monoisotopic (exact) mass is 233 g/mol. The highest BCUT2D eigenvalue weighted by atomic mass is 16.1. The van der Waals surface area contributed by atoms with Gasteiger partial charge in [-0.15, -0.1) is 0 Å². The SMILES string of the molecule is CC1CCC(CC(=O)Nc2ccc(N)nc2)C1. The minimum Gasteiger partial charge on any atom is -0.384 e. The average Bonchev–Trinajstić information content (AvgIpc) is 2.67. The molecule has 1 amide bonds. The first-order chi connectivity index (χ1) is 8.13. The van der Waals surface area contributed by atoms with Crippen LogP contribution in [0.5, 0.6) is 0 Å². The van der Waals surface area contributed by atoms with E-state index in [1.54, 1.807) is 18.3 Å². The molecule has 2 unspecified atom stereocenters. The number of nitrogens with two attached hydrogens (primary N) is 1. The molecule has 0 spiro atoms. The van der Waals surface area contributed by atoms with E-state index in [4.69, 9.17) is 5.73 Å². The summed E-state index contributed by atoms with van der Waals surface area (Å²) < 4.78 is 0. The molecule has 4 heteroatoms. The van der Waals surface area contributed by atoms with E-state index in [0.29, 0.717) is 18.2 Å². The van der Waals surface area contributed by atoms with Crippen molar-refractivity contribution in [3.63, 3.8) is 0 Å². The lowest BCUT2D eigenvalue weighted by atomic mass is 10.0. The van der Waals surface area contributed by atoms with Gasteiger partial charge >= 0.3 is 0 Å². The zero-order chi connectivity index (χ0) is 12.3. The van der Waals surface area contributed by atoms with Crippen molar-refractivity contribution in [2.24, 2.45) is 11.8 Å². The van der Waals surface area contributed by atoms with E-state index >= 15 is 0 Å². The molecule has 0 aromatic carbocycles. The fourth-order valence-electron chi connectivity index (χ4n) is 2.46. The third-order valence-electron chi connectivity index (χ3n) is 3.35. The number of hydrogen-bond acceptors (Lipinski definition) is 3. The Labute approximate surface area is 102 Å². The van der Waals surface area contributed by atoms with Gasteiger partial charge in [-0.05, 0) is 36.8 Å². The maximum atomic E-state index is 11.8. The van der Waals surface area contributed by atoms with Gasteiger partial charge < -0.3 is 11.1 Å². The third-order valence-corrected chi connectivity index (χ3v) is 3.35. The molecule has 0 saturated heterocycles. The predicted molar refractivity (Wildman–Crippen MR) is 68.4 cm³/mol. The van der Waals surface area contributed by atoms with E-state index in [1.165, 1.54) is 19.3 Å². The van der Waals surface area contributed by atoms with Crippen molar-refractivity contribution in [2.45, 2.75) is 32.6 Å². The van der Waals surface area contributed by atoms with Gasteiger partial charge in [0.15, 0.2) is 0 Å². The quantitative estimate of drug-likeness (QED) is 0.842. The lowest BCUT2D eigenvalue weighted by molar-refractivity contribution is -0.117. The van der Waals surface area contributed by atoms with Gasteiger partial charge in [0.1, 0.15) is 5.82 Å². The molecule has 2 rings (SSSR count). The molecule has 1 aromatic rings. The summed E-state index contributed by atoms with van der Waals surface area (Å²) in [6.45, 7) is 2.25. The average molecular weight is 233 g/mol. The Morgan fingerprint density at radius 2 is 2.35 bits per heavy atom. The highest BCUT2D eigenvalue weighted by Gasteiger charge is 2.23. The van der Waals surface area contributed by atoms with E-state index in [2.05, 4.69) is 17.2 Å². The molecule has 4 nitrogen and oxygen atoms in total. The van der Waals surface area contributed by atoms with Crippen LogP contribution >= 0.6 is 0 Å². The van der Waals surface area contributed by atoms with Crippen molar-refractivity contribution in [3.8, 4) is 0 Å². The molecule has 1 aromatic heterocycles. The number of anilines is 2. The number of carbonyl (C=O) groups is 1. The molecule has 0 radical (unpaired) electrons. The summed E-state index contributed by atoms with van der Waals surface area (Å²) in [5, 5.41) is 2.85. The van der Waals surface area contributed by atoms with Gasteiger partial charge in [-0.25, -0.2) is 4.98 Å². The Kier molecular flexibility index (Phi) is 3.61. The van der Waals surface area contributed by atoms with E-state index in [1.807, 2.05) is 0 Å². The van der Waals surface area contributed by atoms with Crippen molar-refractivity contribution < 1.29 is 4.79 Å². The fourth-order valence-corrected chi connectivity index (χ4v) is 2.46. The van der Waals surface area contributed by atoms with Crippen LogP contribution in [0.25, 0.3) is 0 Å². The Morgan fingerprint density at radius 1 is 1.53 bits per heavy atom. The molecule has 1 saturated carbocycles. The standard InChI is InChI=1S/C13H19N3O/c1-9-2-3-10(6-9)7-13(17)16-11-4-5-12(14)15-8-11/h4-5,8-10H,2-3,6-7H2,1H3,(H2,14,15)(H,16,17). The number of carbonyl (C=O) groups excluding carboxylic acids is 1. The van der Waals surface area contributed by atoms with Gasteiger partial charge in [-0.2, -0.15) is 0 Å². The summed E-state index contributed by atoms with van der Waals surface area (Å²) in [4.78, 5) is 15.7. The van der Waals surface area contributed by atoms with Crippen LogP contribution in [0.4, 0.5) is 11.5 Å². The van der Waals surface area contributed by atoms with Gasteiger partial charge in [0.2, 0.25) is 5.91 Å². The Morgan fingerprint density at radius 3 is 2.94 bits per heavy atom. The second-order valence-electron chi connectivity index (χ2n) is 5.01. The third kappa shape index (κ3) is 3.44. The number of nitrogens with zero attached hydrogens (tertiary/aromatic N) is 1. The summed E-state index contributed by atoms with van der Waals surface area (Å²) in [6.07, 6.45) is 5.81. The van der Waals surface area contributed by atoms with E-state index < -0.39 is 0 Å². The number of pyridine rings is 1. The molecular formula is C13H19N3O. The maximum Gasteiger partial charge on any atom is 0.224 e. The fraction of sp³-hybridized carbons (Fsp3) is 0.538. The highest BCUT2D eigenvalue weighted by Crippen LogP contribution is 2.32. The Bertz CT molecular complexity index is 388. The topological polar surface area (TPSA) is 68.0 Å². The Hall–Kier alpha value is -1.58. The molecule has 1 fully saturated rings. The first-order valence-corrected chi connectivity index (χ1v) is 6.15.